The molecule has 0 fully saturated rings. The number of carbonyl (C=O) groups excluding carboxylic acids is 1. The van der Waals surface area contributed by atoms with E-state index in [-0.39, 0.29) is 29.3 Å². The van der Waals surface area contributed by atoms with Crippen molar-refractivity contribution in [2.45, 2.75) is 27.3 Å². The van der Waals surface area contributed by atoms with Crippen LogP contribution in [-0.2, 0) is 11.3 Å². The summed E-state index contributed by atoms with van der Waals surface area (Å²) in [5.41, 5.74) is 2.67. The molecule has 0 aliphatic heterocycles. The average molecular weight is 499 g/mol. The van der Waals surface area contributed by atoms with Crippen molar-refractivity contribution in [1.82, 2.24) is 4.68 Å². The molecule has 1 heterocycles. The number of halogens is 1. The summed E-state index contributed by atoms with van der Waals surface area (Å²) in [6.07, 6.45) is 5.60. The molecular weight excluding hydrogens is 468 g/mol. The van der Waals surface area contributed by atoms with E-state index in [0.717, 1.165) is 28.4 Å². The minimum Gasteiger partial charge on any atom is -1.00 e. The first kappa shape index (κ1) is 25.3. The van der Waals surface area contributed by atoms with Crippen LogP contribution in [0.5, 0.6) is 5.75 Å². The van der Waals surface area contributed by atoms with Crippen molar-refractivity contribution >= 4 is 17.7 Å². The first-order chi connectivity index (χ1) is 14.7. The SMILES string of the molecule is COc1ccc(-c2n(/N=C/c3ccc(N(C)C)cc3)cc[n+]2CC(=O)C(C)(C)C)cc1.[Br-]. The van der Waals surface area contributed by atoms with Crippen LogP contribution in [0.15, 0.2) is 66.0 Å². The Morgan fingerprint density at radius 1 is 1.09 bits per heavy atom. The molecule has 0 spiro atoms. The molecule has 0 unspecified atom stereocenters. The van der Waals surface area contributed by atoms with Crippen LogP contribution in [0.25, 0.3) is 11.4 Å². The number of rotatable bonds is 7. The van der Waals surface area contributed by atoms with Gasteiger partial charge in [-0.3, -0.25) is 4.79 Å². The van der Waals surface area contributed by atoms with Gasteiger partial charge in [-0.2, -0.15) is 0 Å². The molecule has 170 valence electrons. The fourth-order valence-corrected chi connectivity index (χ4v) is 3.05. The predicted octanol–water partition coefficient (Wildman–Crippen LogP) is 1.02. The van der Waals surface area contributed by atoms with E-state index in [1.807, 2.05) is 94.4 Å². The summed E-state index contributed by atoms with van der Waals surface area (Å²) in [5.74, 6) is 1.78. The number of ether oxygens (including phenoxy) is 1. The summed E-state index contributed by atoms with van der Waals surface area (Å²) < 4.78 is 9.04. The van der Waals surface area contributed by atoms with Crippen molar-refractivity contribution in [2.24, 2.45) is 10.5 Å². The highest BCUT2D eigenvalue weighted by Gasteiger charge is 2.27. The average Bonchev–Trinajstić information content (AvgIpc) is 3.14. The molecule has 3 rings (SSSR count). The van der Waals surface area contributed by atoms with Gasteiger partial charge in [0, 0.05) is 25.2 Å². The van der Waals surface area contributed by atoms with E-state index in [2.05, 4.69) is 22.1 Å². The molecule has 1 aromatic heterocycles. The first-order valence-electron chi connectivity index (χ1n) is 10.3. The molecule has 0 saturated heterocycles. The van der Waals surface area contributed by atoms with E-state index in [9.17, 15) is 4.79 Å². The summed E-state index contributed by atoms with van der Waals surface area (Å²) in [7, 11) is 5.68. The number of anilines is 1. The molecular formula is C25H31BrN4O2. The lowest BCUT2D eigenvalue weighted by Crippen LogP contribution is -3.00. The van der Waals surface area contributed by atoms with Crippen molar-refractivity contribution in [3.05, 3.63) is 66.5 Å². The van der Waals surface area contributed by atoms with Gasteiger partial charge in [0.25, 0.3) is 0 Å². The van der Waals surface area contributed by atoms with Gasteiger partial charge in [0.1, 0.15) is 18.5 Å². The Labute approximate surface area is 200 Å². The molecule has 2 aromatic carbocycles. The highest BCUT2D eigenvalue weighted by Crippen LogP contribution is 2.21. The second-order valence-electron chi connectivity index (χ2n) is 8.73. The van der Waals surface area contributed by atoms with Gasteiger partial charge in [-0.05, 0) is 42.0 Å². The fraction of sp³-hybridized carbons (Fsp3) is 0.320. The third-order valence-corrected chi connectivity index (χ3v) is 5.12. The standard InChI is InChI=1S/C25H31N4O2.BrH/c1-25(2,3)23(30)18-28-15-16-29(24(28)20-9-13-22(31-6)14-10-20)26-17-19-7-11-21(12-8-19)27(4)5;/h7-17H,18H2,1-6H3;1H/q+1;/p-1/b26-17+;. The minimum atomic E-state index is -0.413. The maximum Gasteiger partial charge on any atom is 0.314 e. The van der Waals surface area contributed by atoms with Crippen molar-refractivity contribution in [3.8, 4) is 17.1 Å². The molecule has 0 N–H and O–H groups in total. The lowest BCUT2D eigenvalue weighted by atomic mass is 9.91. The Hall–Kier alpha value is -2.93. The molecule has 3 aromatic rings. The Morgan fingerprint density at radius 2 is 1.72 bits per heavy atom. The normalized spacial score (nSPS) is 11.3. The van der Waals surface area contributed by atoms with Gasteiger partial charge in [0.2, 0.25) is 0 Å². The Balaban J connectivity index is 0.00000363. The van der Waals surface area contributed by atoms with Crippen LogP contribution in [0.2, 0.25) is 0 Å². The van der Waals surface area contributed by atoms with Gasteiger partial charge in [0.15, 0.2) is 12.0 Å². The highest BCUT2D eigenvalue weighted by molar-refractivity contribution is 5.82. The van der Waals surface area contributed by atoms with Crippen molar-refractivity contribution in [1.29, 1.82) is 0 Å². The Bertz CT molecular complexity index is 1060. The number of hydrogen-bond acceptors (Lipinski definition) is 4. The molecule has 7 heteroatoms. The zero-order valence-electron chi connectivity index (χ0n) is 19.5. The quantitative estimate of drug-likeness (QED) is 0.361. The number of imidazole rings is 1. The van der Waals surface area contributed by atoms with Crippen molar-refractivity contribution < 1.29 is 31.1 Å². The number of ketones is 1. The summed E-state index contributed by atoms with van der Waals surface area (Å²) in [4.78, 5) is 14.8. The number of methoxy groups -OCH3 is 1. The zero-order valence-corrected chi connectivity index (χ0v) is 21.1. The summed E-state index contributed by atoms with van der Waals surface area (Å²) in [5, 5.41) is 4.67. The van der Waals surface area contributed by atoms with Gasteiger partial charge in [-0.15, -0.1) is 4.68 Å². The van der Waals surface area contributed by atoms with Gasteiger partial charge < -0.3 is 26.6 Å². The number of aromatic nitrogens is 2. The van der Waals surface area contributed by atoms with Crippen molar-refractivity contribution in [2.75, 3.05) is 26.1 Å². The van der Waals surface area contributed by atoms with Gasteiger partial charge in [-0.25, -0.2) is 4.57 Å². The van der Waals surface area contributed by atoms with E-state index >= 15 is 0 Å². The smallest absolute Gasteiger partial charge is 0.314 e. The molecule has 0 saturated carbocycles. The first-order valence-corrected chi connectivity index (χ1v) is 10.3. The Morgan fingerprint density at radius 3 is 2.25 bits per heavy atom. The summed E-state index contributed by atoms with van der Waals surface area (Å²) >= 11 is 0. The third-order valence-electron chi connectivity index (χ3n) is 5.12. The van der Waals surface area contributed by atoms with Crippen LogP contribution in [0.3, 0.4) is 0 Å². The van der Waals surface area contributed by atoms with E-state index in [1.54, 1.807) is 11.8 Å². The van der Waals surface area contributed by atoms with E-state index in [1.165, 1.54) is 0 Å². The zero-order chi connectivity index (χ0) is 22.6. The number of benzene rings is 2. The maximum atomic E-state index is 12.7. The number of hydrogen-bond donors (Lipinski definition) is 0. The van der Waals surface area contributed by atoms with Gasteiger partial charge in [0.05, 0.1) is 18.9 Å². The Kier molecular flexibility index (Phi) is 8.38. The number of carbonyl (C=O) groups is 1. The third kappa shape index (κ3) is 6.07. The number of nitrogens with zero attached hydrogens (tertiary/aromatic N) is 4. The molecule has 32 heavy (non-hydrogen) atoms. The highest BCUT2D eigenvalue weighted by atomic mass is 79.9. The topological polar surface area (TPSA) is 50.7 Å². The second-order valence-corrected chi connectivity index (χ2v) is 8.73. The van der Waals surface area contributed by atoms with Crippen LogP contribution in [0, 0.1) is 5.41 Å². The fourth-order valence-electron chi connectivity index (χ4n) is 3.05. The summed E-state index contributed by atoms with van der Waals surface area (Å²) in [6.45, 7) is 6.10. The van der Waals surface area contributed by atoms with Gasteiger partial charge in [-0.1, -0.05) is 38.0 Å². The molecule has 6 nitrogen and oxygen atoms in total. The monoisotopic (exact) mass is 498 g/mol. The van der Waals surface area contributed by atoms with E-state index < -0.39 is 5.41 Å². The molecule has 0 aliphatic carbocycles. The van der Waals surface area contributed by atoms with Crippen LogP contribution in [0.1, 0.15) is 26.3 Å². The van der Waals surface area contributed by atoms with E-state index in [0.29, 0.717) is 0 Å². The minimum absolute atomic E-state index is 0. The second kappa shape index (κ2) is 10.6. The molecule has 0 atom stereocenters. The van der Waals surface area contributed by atoms with Crippen LogP contribution < -0.4 is 31.2 Å². The molecule has 0 radical (unpaired) electrons. The van der Waals surface area contributed by atoms with E-state index in [4.69, 9.17) is 4.74 Å². The predicted molar refractivity (Wildman–Crippen MR) is 125 cm³/mol. The largest absolute Gasteiger partial charge is 1.00 e. The number of Topliss-reactive ketones (excluding diaryl/α,β-unsaturated/α-hetero) is 1. The summed E-state index contributed by atoms with van der Waals surface area (Å²) in [6, 6.07) is 16.0. The molecule has 0 aliphatic rings. The molecule has 0 amide bonds. The van der Waals surface area contributed by atoms with Crippen molar-refractivity contribution in [3.63, 3.8) is 0 Å². The van der Waals surface area contributed by atoms with Gasteiger partial charge >= 0.3 is 5.82 Å². The lowest BCUT2D eigenvalue weighted by molar-refractivity contribution is -0.673. The van der Waals surface area contributed by atoms with Crippen LogP contribution >= 0.6 is 0 Å². The maximum absolute atomic E-state index is 12.7. The van der Waals surface area contributed by atoms with Crippen LogP contribution in [-0.4, -0.2) is 37.9 Å². The van der Waals surface area contributed by atoms with Crippen LogP contribution in [0.4, 0.5) is 5.69 Å². The molecule has 0 bridgehead atoms. The lowest BCUT2D eigenvalue weighted by Gasteiger charge is -2.15.